The number of hydrogen-bond donors (Lipinski definition) is 8. The highest BCUT2D eigenvalue weighted by molar-refractivity contribution is 7.80. The highest BCUT2D eigenvalue weighted by Gasteiger charge is 2.27. The molecule has 0 heterocycles. The van der Waals surface area contributed by atoms with Crippen molar-refractivity contribution in [3.8, 4) is 0 Å². The molecule has 0 saturated heterocycles. The summed E-state index contributed by atoms with van der Waals surface area (Å²) < 4.78 is 0. The first kappa shape index (κ1) is 23.6. The number of carbonyl (C=O) groups is 5. The number of carboxylic acid groups (broad SMARTS) is 2. The number of amides is 3. The Morgan fingerprint density at radius 3 is 2.08 bits per heavy atom. The molecule has 0 rings (SSSR count). The maximum Gasteiger partial charge on any atom is 0.328 e. The topological polar surface area (TPSA) is 208 Å². The van der Waals surface area contributed by atoms with Crippen molar-refractivity contribution in [2.45, 2.75) is 37.6 Å². The average Bonchev–Trinajstić information content (AvgIpc) is 2.53. The number of thiol groups is 1. The minimum absolute atomic E-state index is 0.162. The molecule has 148 valence electrons. The second kappa shape index (κ2) is 11.3. The van der Waals surface area contributed by atoms with Crippen molar-refractivity contribution in [2.75, 3.05) is 12.3 Å². The number of aliphatic carboxylic acids is 2. The van der Waals surface area contributed by atoms with E-state index in [0.717, 1.165) is 0 Å². The molecule has 0 aliphatic carbocycles. The Bertz CT molecular complexity index is 556. The summed E-state index contributed by atoms with van der Waals surface area (Å²) in [5, 5.41) is 33.0. The third-order valence-electron chi connectivity index (χ3n) is 3.03. The number of nitrogens with one attached hydrogen (secondary N) is 3. The largest absolute Gasteiger partial charge is 0.481 e. The lowest BCUT2D eigenvalue weighted by Gasteiger charge is -2.20. The standard InChI is InChI=1S/C13H22N4O8S/c1-5(18)10(13(24)25)17-8(19)3-15-12(23)7(4-26)16-11(22)6(14)2-9(20)21/h5-7,10,18,26H,2-4,14H2,1H3,(H,15,23)(H,16,22)(H,17,19)(H,20,21)(H,24,25). The number of hydrogen-bond acceptors (Lipinski definition) is 8. The van der Waals surface area contributed by atoms with E-state index in [1.165, 1.54) is 6.92 Å². The second-order valence-electron chi connectivity index (χ2n) is 5.29. The van der Waals surface area contributed by atoms with Gasteiger partial charge in [-0.1, -0.05) is 0 Å². The lowest BCUT2D eigenvalue weighted by molar-refractivity contribution is -0.144. The Kier molecular flexibility index (Phi) is 10.2. The molecule has 0 radical (unpaired) electrons. The highest BCUT2D eigenvalue weighted by Crippen LogP contribution is 1.95. The van der Waals surface area contributed by atoms with Gasteiger partial charge in [-0.15, -0.1) is 0 Å². The lowest BCUT2D eigenvalue weighted by atomic mass is 10.2. The molecule has 0 aromatic heterocycles. The van der Waals surface area contributed by atoms with Crippen molar-refractivity contribution in [1.82, 2.24) is 16.0 Å². The van der Waals surface area contributed by atoms with Crippen molar-refractivity contribution in [1.29, 1.82) is 0 Å². The average molecular weight is 394 g/mol. The molecule has 0 aliphatic rings. The molecular formula is C13H22N4O8S. The van der Waals surface area contributed by atoms with Gasteiger partial charge >= 0.3 is 11.9 Å². The predicted molar refractivity (Wildman–Crippen MR) is 90.3 cm³/mol. The van der Waals surface area contributed by atoms with Gasteiger partial charge in [0.2, 0.25) is 17.7 Å². The molecule has 0 spiro atoms. The Morgan fingerprint density at radius 1 is 1.08 bits per heavy atom. The van der Waals surface area contributed by atoms with Gasteiger partial charge in [-0.2, -0.15) is 12.6 Å². The van der Waals surface area contributed by atoms with Crippen LogP contribution in [0.15, 0.2) is 0 Å². The van der Waals surface area contributed by atoms with E-state index in [4.69, 9.17) is 15.9 Å². The summed E-state index contributed by atoms with van der Waals surface area (Å²) in [5.41, 5.74) is 5.36. The van der Waals surface area contributed by atoms with Crippen LogP contribution >= 0.6 is 12.6 Å². The zero-order valence-electron chi connectivity index (χ0n) is 13.8. The summed E-state index contributed by atoms with van der Waals surface area (Å²) in [6.07, 6.45) is -1.99. The molecule has 0 saturated carbocycles. The van der Waals surface area contributed by atoms with Gasteiger partial charge in [0.05, 0.1) is 25.1 Å². The first-order valence-electron chi connectivity index (χ1n) is 7.36. The van der Waals surface area contributed by atoms with Crippen LogP contribution in [0.2, 0.25) is 0 Å². The minimum atomic E-state index is -1.55. The first-order chi connectivity index (χ1) is 12.0. The number of aliphatic hydroxyl groups excluding tert-OH is 1. The zero-order chi connectivity index (χ0) is 20.4. The smallest absolute Gasteiger partial charge is 0.328 e. The molecule has 8 N–H and O–H groups in total. The van der Waals surface area contributed by atoms with Gasteiger partial charge < -0.3 is 37.0 Å². The third kappa shape index (κ3) is 8.64. The van der Waals surface area contributed by atoms with Gasteiger partial charge in [-0.3, -0.25) is 19.2 Å². The molecule has 3 amide bonds. The van der Waals surface area contributed by atoms with E-state index in [0.29, 0.717) is 0 Å². The molecule has 4 unspecified atom stereocenters. The fourth-order valence-electron chi connectivity index (χ4n) is 1.66. The minimum Gasteiger partial charge on any atom is -0.481 e. The summed E-state index contributed by atoms with van der Waals surface area (Å²) in [5.74, 6) is -5.47. The highest BCUT2D eigenvalue weighted by atomic mass is 32.1. The summed E-state index contributed by atoms with van der Waals surface area (Å²) in [6.45, 7) is 0.557. The summed E-state index contributed by atoms with van der Waals surface area (Å²) in [7, 11) is 0. The van der Waals surface area contributed by atoms with Gasteiger partial charge in [0.25, 0.3) is 0 Å². The fraction of sp³-hybridized carbons (Fsp3) is 0.615. The normalized spacial score (nSPS) is 15.1. The molecule has 0 fully saturated rings. The maximum absolute atomic E-state index is 11.9. The Morgan fingerprint density at radius 2 is 1.65 bits per heavy atom. The van der Waals surface area contributed by atoms with Crippen LogP contribution in [0, 0.1) is 0 Å². The van der Waals surface area contributed by atoms with Crippen LogP contribution < -0.4 is 21.7 Å². The first-order valence-corrected chi connectivity index (χ1v) is 7.99. The Hall–Kier alpha value is -2.38. The fourth-order valence-corrected chi connectivity index (χ4v) is 1.91. The summed E-state index contributed by atoms with van der Waals surface area (Å²) >= 11 is 3.88. The molecule has 12 nitrogen and oxygen atoms in total. The molecule has 0 aromatic rings. The third-order valence-corrected chi connectivity index (χ3v) is 3.40. The number of rotatable bonds is 11. The van der Waals surface area contributed by atoms with Crippen LogP contribution in [-0.2, 0) is 24.0 Å². The van der Waals surface area contributed by atoms with Gasteiger partial charge in [-0.25, -0.2) is 4.79 Å². The van der Waals surface area contributed by atoms with Crippen molar-refractivity contribution in [3.05, 3.63) is 0 Å². The van der Waals surface area contributed by atoms with Gasteiger partial charge in [0.15, 0.2) is 6.04 Å². The molecule has 0 aliphatic heterocycles. The van der Waals surface area contributed by atoms with E-state index in [-0.39, 0.29) is 5.75 Å². The van der Waals surface area contributed by atoms with Crippen LogP contribution in [0.5, 0.6) is 0 Å². The van der Waals surface area contributed by atoms with Crippen molar-refractivity contribution < 1.29 is 39.3 Å². The van der Waals surface area contributed by atoms with E-state index < -0.39 is 66.9 Å². The molecule has 0 aromatic carbocycles. The SMILES string of the molecule is CC(O)C(NC(=O)CNC(=O)C(CS)NC(=O)C(N)CC(=O)O)C(=O)O. The molecule has 4 atom stereocenters. The van der Waals surface area contributed by atoms with Gasteiger partial charge in [0, 0.05) is 5.75 Å². The predicted octanol–water partition coefficient (Wildman–Crippen LogP) is -3.73. The van der Waals surface area contributed by atoms with Gasteiger partial charge in [0.1, 0.15) is 6.04 Å². The van der Waals surface area contributed by atoms with E-state index in [1.54, 1.807) is 0 Å². The van der Waals surface area contributed by atoms with Crippen LogP contribution in [0.4, 0.5) is 0 Å². The number of nitrogens with two attached hydrogens (primary N) is 1. The number of carbonyl (C=O) groups excluding carboxylic acids is 3. The monoisotopic (exact) mass is 394 g/mol. The van der Waals surface area contributed by atoms with E-state index in [1.807, 2.05) is 5.32 Å². The summed E-state index contributed by atoms with van der Waals surface area (Å²) in [6, 6.07) is -4.10. The Balaban J connectivity index is 4.58. The quantitative estimate of drug-likeness (QED) is 0.162. The molecule has 0 bridgehead atoms. The van der Waals surface area contributed by atoms with Crippen LogP contribution in [0.25, 0.3) is 0 Å². The van der Waals surface area contributed by atoms with Crippen LogP contribution in [-0.4, -0.2) is 81.5 Å². The van der Waals surface area contributed by atoms with Crippen LogP contribution in [0.1, 0.15) is 13.3 Å². The molecular weight excluding hydrogens is 372 g/mol. The van der Waals surface area contributed by atoms with Crippen molar-refractivity contribution in [3.63, 3.8) is 0 Å². The van der Waals surface area contributed by atoms with E-state index >= 15 is 0 Å². The van der Waals surface area contributed by atoms with Gasteiger partial charge in [-0.05, 0) is 6.92 Å². The van der Waals surface area contributed by atoms with Crippen molar-refractivity contribution >= 4 is 42.3 Å². The van der Waals surface area contributed by atoms with E-state index in [9.17, 15) is 29.1 Å². The lowest BCUT2D eigenvalue weighted by Crippen LogP contribution is -2.55. The second-order valence-corrected chi connectivity index (χ2v) is 5.66. The van der Waals surface area contributed by atoms with Crippen LogP contribution in [0.3, 0.4) is 0 Å². The van der Waals surface area contributed by atoms with E-state index in [2.05, 4.69) is 23.3 Å². The number of carboxylic acids is 2. The number of aliphatic hydroxyl groups is 1. The van der Waals surface area contributed by atoms with Crippen molar-refractivity contribution in [2.24, 2.45) is 5.73 Å². The molecule has 26 heavy (non-hydrogen) atoms. The Labute approximate surface area is 153 Å². The zero-order valence-corrected chi connectivity index (χ0v) is 14.7. The molecule has 13 heteroatoms. The summed E-state index contributed by atoms with van der Waals surface area (Å²) in [4.78, 5) is 56.6. The maximum atomic E-state index is 11.9.